The van der Waals surface area contributed by atoms with Gasteiger partial charge >= 0.3 is 6.09 Å². The van der Waals surface area contributed by atoms with E-state index < -0.39 is 16.4 Å². The van der Waals surface area contributed by atoms with Gasteiger partial charge < -0.3 is 15.4 Å². The van der Waals surface area contributed by atoms with E-state index in [1.54, 1.807) is 34.6 Å². The fourth-order valence-electron chi connectivity index (χ4n) is 0.899. The van der Waals surface area contributed by atoms with E-state index in [1.165, 1.54) is 11.8 Å². The van der Waals surface area contributed by atoms with Crippen molar-refractivity contribution in [1.29, 1.82) is 5.41 Å². The van der Waals surface area contributed by atoms with Gasteiger partial charge in [0.1, 0.15) is 11.4 Å². The van der Waals surface area contributed by atoms with Gasteiger partial charge in [-0.1, -0.05) is 0 Å². The minimum atomic E-state index is -0.615. The van der Waals surface area contributed by atoms with Gasteiger partial charge in [-0.05, 0) is 40.9 Å². The van der Waals surface area contributed by atoms with Crippen molar-refractivity contribution in [3.63, 3.8) is 0 Å². The van der Waals surface area contributed by atoms with Crippen molar-refractivity contribution in [2.75, 3.05) is 12.8 Å². The molecule has 110 valence electrons. The Bertz CT molecular complexity index is 362. The molecule has 0 aliphatic carbocycles. The van der Waals surface area contributed by atoms with Crippen LogP contribution in [0.1, 0.15) is 34.6 Å². The van der Waals surface area contributed by atoms with Crippen molar-refractivity contribution < 1.29 is 14.3 Å². The molecule has 0 aromatic carbocycles. The summed E-state index contributed by atoms with van der Waals surface area (Å²) in [4.78, 5) is 23.1. The highest BCUT2D eigenvalue weighted by molar-refractivity contribution is 8.00. The lowest BCUT2D eigenvalue weighted by molar-refractivity contribution is -0.121. The molecule has 3 N–H and O–H groups in total. The molecule has 0 aliphatic heterocycles. The van der Waals surface area contributed by atoms with E-state index in [9.17, 15) is 9.59 Å². The number of carbonyl (C=O) groups is 2. The summed E-state index contributed by atoms with van der Waals surface area (Å²) < 4.78 is 4.41. The average molecular weight is 289 g/mol. The molecular weight excluding hydrogens is 266 g/mol. The van der Waals surface area contributed by atoms with Gasteiger partial charge in [-0.3, -0.25) is 10.2 Å². The minimum absolute atomic E-state index is 0.0713. The lowest BCUT2D eigenvalue weighted by atomic mass is 10.2. The van der Waals surface area contributed by atoms with Crippen LogP contribution in [0.4, 0.5) is 4.79 Å². The lowest BCUT2D eigenvalue weighted by Gasteiger charge is -2.22. The number of amidine groups is 1. The average Bonchev–Trinajstić information content (AvgIpc) is 2.24. The zero-order valence-corrected chi connectivity index (χ0v) is 13.2. The highest BCUT2D eigenvalue weighted by Gasteiger charge is 2.27. The highest BCUT2D eigenvalue weighted by Crippen LogP contribution is 2.20. The summed E-state index contributed by atoms with van der Waals surface area (Å²) >= 11 is 1.39. The molecule has 0 unspecified atom stereocenters. The number of carbonyl (C=O) groups excluding carboxylic acids is 2. The Morgan fingerprint density at radius 3 is 2.16 bits per heavy atom. The zero-order chi connectivity index (χ0) is 15.3. The maximum Gasteiger partial charge on any atom is 0.408 e. The number of nitrogens with one attached hydrogen (secondary N) is 3. The standard InChI is InChI=1S/C12H23N3O3S/c1-11(2,3)18-10(17)14-7-8(13)15-9(16)12(4,5)19-6/h7H2,1-6H3,(H,14,17)(H2,13,15,16). The number of thioether (sulfide) groups is 1. The number of hydrogen-bond donors (Lipinski definition) is 3. The van der Waals surface area contributed by atoms with Crippen molar-refractivity contribution in [2.24, 2.45) is 0 Å². The minimum Gasteiger partial charge on any atom is -0.444 e. The third kappa shape index (κ3) is 7.71. The van der Waals surface area contributed by atoms with Crippen molar-refractivity contribution in [3.8, 4) is 0 Å². The largest absolute Gasteiger partial charge is 0.444 e. The molecule has 19 heavy (non-hydrogen) atoms. The third-order valence-electron chi connectivity index (χ3n) is 2.13. The molecule has 0 heterocycles. The normalized spacial score (nSPS) is 11.7. The maximum atomic E-state index is 11.8. The first-order valence-corrected chi connectivity index (χ1v) is 7.11. The zero-order valence-electron chi connectivity index (χ0n) is 12.3. The molecule has 0 radical (unpaired) electrons. The van der Waals surface area contributed by atoms with Crippen LogP contribution in [0.5, 0.6) is 0 Å². The Labute approximate surface area is 118 Å². The van der Waals surface area contributed by atoms with Crippen molar-refractivity contribution in [3.05, 3.63) is 0 Å². The summed E-state index contributed by atoms with van der Waals surface area (Å²) in [6, 6.07) is 0. The molecule has 0 aromatic rings. The van der Waals surface area contributed by atoms with Gasteiger partial charge in [0.15, 0.2) is 0 Å². The predicted molar refractivity (Wildman–Crippen MR) is 77.7 cm³/mol. The summed E-state index contributed by atoms with van der Waals surface area (Å²) in [6.07, 6.45) is 1.21. The van der Waals surface area contributed by atoms with Crippen molar-refractivity contribution >= 4 is 29.6 Å². The molecule has 0 fully saturated rings. The Kier molecular flexibility index (Phi) is 6.35. The van der Waals surface area contributed by atoms with E-state index in [0.29, 0.717) is 0 Å². The van der Waals surface area contributed by atoms with E-state index >= 15 is 0 Å². The quantitative estimate of drug-likeness (QED) is 0.543. The number of rotatable bonds is 4. The first-order chi connectivity index (χ1) is 8.48. The van der Waals surface area contributed by atoms with Gasteiger partial charge in [-0.2, -0.15) is 0 Å². The van der Waals surface area contributed by atoms with Crippen LogP contribution >= 0.6 is 11.8 Å². The predicted octanol–water partition coefficient (Wildman–Crippen LogP) is 1.75. The maximum absolute atomic E-state index is 11.8. The Hall–Kier alpha value is -1.24. The number of hydrogen-bond acceptors (Lipinski definition) is 5. The van der Waals surface area contributed by atoms with Gasteiger partial charge in [0.25, 0.3) is 0 Å². The van der Waals surface area contributed by atoms with Gasteiger partial charge in [0.2, 0.25) is 5.91 Å². The van der Waals surface area contributed by atoms with Crippen molar-refractivity contribution in [1.82, 2.24) is 10.6 Å². The summed E-state index contributed by atoms with van der Waals surface area (Å²) in [6.45, 7) is 8.70. The first kappa shape index (κ1) is 17.8. The van der Waals surface area contributed by atoms with Crippen LogP contribution in [0.2, 0.25) is 0 Å². The molecule has 0 aliphatic rings. The molecule has 0 atom stereocenters. The van der Waals surface area contributed by atoms with E-state index in [1.807, 2.05) is 6.26 Å². The molecule has 6 nitrogen and oxygen atoms in total. The van der Waals surface area contributed by atoms with Gasteiger partial charge in [0.05, 0.1) is 11.3 Å². The highest BCUT2D eigenvalue weighted by atomic mass is 32.2. The fourth-order valence-corrected chi connectivity index (χ4v) is 1.14. The molecule has 0 saturated heterocycles. The topological polar surface area (TPSA) is 91.3 Å². The Balaban J connectivity index is 4.14. The molecule has 0 bridgehead atoms. The number of amides is 2. The number of ether oxygens (including phenoxy) is 1. The van der Waals surface area contributed by atoms with Crippen molar-refractivity contribution in [2.45, 2.75) is 45.0 Å². The van der Waals surface area contributed by atoms with Crippen LogP contribution in [0.25, 0.3) is 0 Å². The van der Waals surface area contributed by atoms with Gasteiger partial charge in [-0.15, -0.1) is 11.8 Å². The van der Waals surface area contributed by atoms with Crippen LogP contribution in [-0.2, 0) is 9.53 Å². The molecule has 0 spiro atoms. The van der Waals surface area contributed by atoms with E-state index in [0.717, 1.165) is 0 Å². The molecule has 0 rings (SSSR count). The van der Waals surface area contributed by atoms with E-state index in [4.69, 9.17) is 10.1 Å². The fraction of sp³-hybridized carbons (Fsp3) is 0.750. The molecule has 2 amide bonds. The summed E-state index contributed by atoms with van der Waals surface area (Å²) in [7, 11) is 0. The van der Waals surface area contributed by atoms with Crippen LogP contribution in [0, 0.1) is 5.41 Å². The second-order valence-corrected chi connectivity index (χ2v) is 6.93. The van der Waals surface area contributed by atoms with Crippen LogP contribution in [0.15, 0.2) is 0 Å². The van der Waals surface area contributed by atoms with Crippen LogP contribution < -0.4 is 10.6 Å². The smallest absolute Gasteiger partial charge is 0.408 e. The summed E-state index contributed by atoms with van der Waals surface area (Å²) in [5, 5.41) is 12.4. The second kappa shape index (κ2) is 6.79. The SMILES string of the molecule is CSC(C)(C)C(=O)NC(=N)CNC(=O)OC(C)(C)C. The van der Waals surface area contributed by atoms with Crippen LogP contribution in [-0.4, -0.2) is 41.0 Å². The summed E-state index contributed by atoms with van der Waals surface area (Å²) in [5.74, 6) is -0.339. The monoisotopic (exact) mass is 289 g/mol. The summed E-state index contributed by atoms with van der Waals surface area (Å²) in [5.41, 5.74) is -0.587. The molecule has 0 aromatic heterocycles. The lowest BCUT2D eigenvalue weighted by Crippen LogP contribution is -2.46. The van der Waals surface area contributed by atoms with E-state index in [-0.39, 0.29) is 18.3 Å². The van der Waals surface area contributed by atoms with Gasteiger partial charge in [-0.25, -0.2) is 4.79 Å². The molecular formula is C12H23N3O3S. The third-order valence-corrected chi connectivity index (χ3v) is 3.34. The number of alkyl carbamates (subject to hydrolysis) is 1. The van der Waals surface area contributed by atoms with Crippen LogP contribution in [0.3, 0.4) is 0 Å². The Morgan fingerprint density at radius 2 is 1.74 bits per heavy atom. The van der Waals surface area contributed by atoms with E-state index in [2.05, 4.69) is 10.6 Å². The van der Waals surface area contributed by atoms with Gasteiger partial charge in [0, 0.05) is 0 Å². The Morgan fingerprint density at radius 1 is 1.21 bits per heavy atom. The molecule has 0 saturated carbocycles. The molecule has 7 heteroatoms. The second-order valence-electron chi connectivity index (χ2n) is 5.50. The first-order valence-electron chi connectivity index (χ1n) is 5.89.